The summed E-state index contributed by atoms with van der Waals surface area (Å²) in [4.78, 5) is 11.8. The van der Waals surface area contributed by atoms with Gasteiger partial charge in [0.05, 0.1) is 6.61 Å². The Kier molecular flexibility index (Phi) is 34.9. The molecule has 0 aromatic rings. The van der Waals surface area contributed by atoms with Gasteiger partial charge in [-0.2, -0.15) is 0 Å². The van der Waals surface area contributed by atoms with Gasteiger partial charge in [0.25, 0.3) is 0 Å². The van der Waals surface area contributed by atoms with Gasteiger partial charge in [-0.25, -0.2) is 0 Å². The Morgan fingerprint density at radius 2 is 0.641 bits per heavy atom. The fourth-order valence-electron chi connectivity index (χ4n) is 5.35. The molecule has 3 nitrogen and oxygen atoms in total. The Hall–Kier alpha value is -0.570. The Bertz CT molecular complexity index is 451. The van der Waals surface area contributed by atoms with Crippen LogP contribution in [0.5, 0.6) is 0 Å². The summed E-state index contributed by atoms with van der Waals surface area (Å²) in [5.41, 5.74) is 0. The van der Waals surface area contributed by atoms with Crippen LogP contribution < -0.4 is 0 Å². The van der Waals surface area contributed by atoms with Crippen LogP contribution in [0.2, 0.25) is 0 Å². The fraction of sp³-hybridized carbons (Fsp3) is 0.972. The van der Waals surface area contributed by atoms with Crippen molar-refractivity contribution in [3.63, 3.8) is 0 Å². The van der Waals surface area contributed by atoms with Gasteiger partial charge in [-0.15, -0.1) is 0 Å². The predicted molar refractivity (Wildman–Crippen MR) is 172 cm³/mol. The van der Waals surface area contributed by atoms with E-state index in [1.54, 1.807) is 0 Å². The van der Waals surface area contributed by atoms with Gasteiger partial charge in [0.2, 0.25) is 0 Å². The van der Waals surface area contributed by atoms with E-state index in [9.17, 15) is 4.79 Å². The number of carbonyl (C=O) groups excluding carboxylic acids is 1. The zero-order valence-electron chi connectivity index (χ0n) is 27.1. The molecular formula is C36H72O3. The molecule has 0 amide bonds. The Morgan fingerprint density at radius 3 is 1.00 bits per heavy atom. The van der Waals surface area contributed by atoms with Crippen LogP contribution in [0, 0.1) is 0 Å². The van der Waals surface area contributed by atoms with Gasteiger partial charge in [-0.1, -0.05) is 174 Å². The summed E-state index contributed by atoms with van der Waals surface area (Å²) in [6.07, 6.45) is 39.0. The predicted octanol–water partition coefficient (Wildman–Crippen LogP) is 12.3. The van der Waals surface area contributed by atoms with E-state index in [1.165, 1.54) is 173 Å². The maximum atomic E-state index is 11.8. The minimum Gasteiger partial charge on any atom is -0.466 e. The molecule has 0 radical (unpaired) electrons. The first-order valence-corrected chi connectivity index (χ1v) is 18.0. The topological polar surface area (TPSA) is 35.5 Å². The molecule has 234 valence electrons. The van der Waals surface area contributed by atoms with E-state index in [2.05, 4.69) is 13.8 Å². The molecule has 0 heterocycles. The van der Waals surface area contributed by atoms with Gasteiger partial charge in [0.1, 0.15) is 0 Å². The lowest BCUT2D eigenvalue weighted by molar-refractivity contribution is -0.143. The van der Waals surface area contributed by atoms with Crippen molar-refractivity contribution in [2.24, 2.45) is 0 Å². The molecule has 0 aliphatic rings. The van der Waals surface area contributed by atoms with Crippen LogP contribution in [0.4, 0.5) is 0 Å². The highest BCUT2D eigenvalue weighted by Gasteiger charge is 2.03. The largest absolute Gasteiger partial charge is 0.466 e. The molecule has 0 saturated carbocycles. The minimum absolute atomic E-state index is 0.0192. The highest BCUT2D eigenvalue weighted by Crippen LogP contribution is 2.14. The molecule has 0 aliphatic carbocycles. The number of esters is 1. The third-order valence-corrected chi connectivity index (χ3v) is 8.07. The van der Waals surface area contributed by atoms with Crippen molar-refractivity contribution in [2.45, 2.75) is 206 Å². The molecule has 0 aliphatic heterocycles. The quantitative estimate of drug-likeness (QED) is 0.0588. The third-order valence-electron chi connectivity index (χ3n) is 8.07. The van der Waals surface area contributed by atoms with E-state index >= 15 is 0 Å². The summed E-state index contributed by atoms with van der Waals surface area (Å²) >= 11 is 0. The van der Waals surface area contributed by atoms with Gasteiger partial charge in [-0.3, -0.25) is 4.79 Å². The van der Waals surface area contributed by atoms with E-state index in [0.717, 1.165) is 26.1 Å². The average Bonchev–Trinajstić information content (AvgIpc) is 2.94. The number of unbranched alkanes of at least 4 members (excludes halogenated alkanes) is 26. The van der Waals surface area contributed by atoms with Gasteiger partial charge in [0.15, 0.2) is 0 Å². The summed E-state index contributed by atoms with van der Waals surface area (Å²) in [5.74, 6) is 0.0192. The van der Waals surface area contributed by atoms with Crippen molar-refractivity contribution in [1.29, 1.82) is 0 Å². The highest BCUT2D eigenvalue weighted by atomic mass is 16.5. The summed E-state index contributed by atoms with van der Waals surface area (Å²) in [6.45, 7) is 7.11. The molecule has 0 aromatic heterocycles. The van der Waals surface area contributed by atoms with E-state index < -0.39 is 0 Å². The van der Waals surface area contributed by atoms with Crippen molar-refractivity contribution < 1.29 is 14.3 Å². The van der Waals surface area contributed by atoms with E-state index in [-0.39, 0.29) is 5.97 Å². The first-order chi connectivity index (χ1) is 19.3. The van der Waals surface area contributed by atoms with E-state index in [4.69, 9.17) is 9.47 Å². The van der Waals surface area contributed by atoms with Crippen LogP contribution in [-0.4, -0.2) is 25.8 Å². The standard InChI is InChI=1S/C36H72O3/c1-3-5-7-9-11-23-27-31-35-39-36(37)32-28-24-21-19-17-15-13-12-14-16-18-20-22-26-30-34-38-33-29-25-10-8-6-4-2/h3-35H2,1-2H3. The first kappa shape index (κ1) is 38.4. The molecule has 0 aromatic carbocycles. The molecule has 0 fully saturated rings. The van der Waals surface area contributed by atoms with Crippen molar-refractivity contribution in [2.75, 3.05) is 19.8 Å². The zero-order chi connectivity index (χ0) is 28.3. The summed E-state index contributed by atoms with van der Waals surface area (Å²) < 4.78 is 11.2. The molecule has 3 heteroatoms. The van der Waals surface area contributed by atoms with Gasteiger partial charge in [0, 0.05) is 19.6 Å². The first-order valence-electron chi connectivity index (χ1n) is 18.0. The maximum Gasteiger partial charge on any atom is 0.305 e. The lowest BCUT2D eigenvalue weighted by atomic mass is 10.0. The van der Waals surface area contributed by atoms with Crippen LogP contribution in [0.15, 0.2) is 0 Å². The monoisotopic (exact) mass is 553 g/mol. The zero-order valence-corrected chi connectivity index (χ0v) is 27.1. The second-order valence-corrected chi connectivity index (χ2v) is 12.1. The molecule has 0 rings (SSSR count). The molecular weight excluding hydrogens is 480 g/mol. The van der Waals surface area contributed by atoms with Crippen LogP contribution >= 0.6 is 0 Å². The van der Waals surface area contributed by atoms with Gasteiger partial charge < -0.3 is 9.47 Å². The molecule has 0 spiro atoms. The molecule has 39 heavy (non-hydrogen) atoms. The van der Waals surface area contributed by atoms with Crippen LogP contribution in [0.25, 0.3) is 0 Å². The minimum atomic E-state index is 0.0192. The molecule has 0 N–H and O–H groups in total. The molecule has 0 bridgehead atoms. The smallest absolute Gasteiger partial charge is 0.305 e. The molecule has 0 saturated heterocycles. The fourth-order valence-corrected chi connectivity index (χ4v) is 5.35. The van der Waals surface area contributed by atoms with E-state index in [0.29, 0.717) is 13.0 Å². The Balaban J connectivity index is 3.11. The summed E-state index contributed by atoms with van der Waals surface area (Å²) in [7, 11) is 0. The average molecular weight is 553 g/mol. The second-order valence-electron chi connectivity index (χ2n) is 12.1. The number of carbonyl (C=O) groups is 1. The van der Waals surface area contributed by atoms with Gasteiger partial charge >= 0.3 is 5.97 Å². The second kappa shape index (κ2) is 35.5. The number of hydrogen-bond acceptors (Lipinski definition) is 3. The highest BCUT2D eigenvalue weighted by molar-refractivity contribution is 5.69. The van der Waals surface area contributed by atoms with Crippen LogP contribution in [0.1, 0.15) is 206 Å². The lowest BCUT2D eigenvalue weighted by Crippen LogP contribution is -2.05. The van der Waals surface area contributed by atoms with Crippen molar-refractivity contribution in [1.82, 2.24) is 0 Å². The normalized spacial score (nSPS) is 11.3. The summed E-state index contributed by atoms with van der Waals surface area (Å²) in [5, 5.41) is 0. The number of ether oxygens (including phenoxy) is 2. The molecule has 0 unspecified atom stereocenters. The number of rotatable bonds is 34. The SMILES string of the molecule is CCCCCCCCCCOC(=O)CCCCCCCCCCCCCCCCCOCCCCCCCC. The Morgan fingerprint density at radius 1 is 0.359 bits per heavy atom. The van der Waals surface area contributed by atoms with Crippen LogP contribution in [-0.2, 0) is 14.3 Å². The number of hydrogen-bond donors (Lipinski definition) is 0. The van der Waals surface area contributed by atoms with Crippen molar-refractivity contribution >= 4 is 5.97 Å². The molecule has 0 atom stereocenters. The maximum absolute atomic E-state index is 11.8. The van der Waals surface area contributed by atoms with Crippen molar-refractivity contribution in [3.05, 3.63) is 0 Å². The van der Waals surface area contributed by atoms with E-state index in [1.807, 2.05) is 0 Å². The Labute approximate surface area is 246 Å². The van der Waals surface area contributed by atoms with Crippen LogP contribution in [0.3, 0.4) is 0 Å². The third kappa shape index (κ3) is 35.4. The lowest BCUT2D eigenvalue weighted by Gasteiger charge is -2.06. The van der Waals surface area contributed by atoms with Crippen molar-refractivity contribution in [3.8, 4) is 0 Å². The van der Waals surface area contributed by atoms with Gasteiger partial charge in [-0.05, 0) is 25.7 Å². The summed E-state index contributed by atoms with van der Waals surface area (Å²) in [6, 6.07) is 0.